The summed E-state index contributed by atoms with van der Waals surface area (Å²) in [5, 5.41) is 24.1. The van der Waals surface area contributed by atoms with E-state index in [0.717, 1.165) is 13.0 Å². The molecule has 2 aromatic rings. The number of hydrogen-bond donors (Lipinski definition) is 2. The molecule has 0 saturated carbocycles. The van der Waals surface area contributed by atoms with Crippen molar-refractivity contribution in [3.8, 4) is 0 Å². The minimum absolute atomic E-state index is 0.0446. The molecule has 0 spiro atoms. The fourth-order valence-corrected chi connectivity index (χ4v) is 2.97. The van der Waals surface area contributed by atoms with Gasteiger partial charge in [-0.05, 0) is 30.2 Å². The molecule has 132 valence electrons. The summed E-state index contributed by atoms with van der Waals surface area (Å²) in [5.41, 5.74) is 0.519. The zero-order chi connectivity index (χ0) is 17.8. The summed E-state index contributed by atoms with van der Waals surface area (Å²) in [7, 11) is 0. The van der Waals surface area contributed by atoms with E-state index < -0.39 is 11.0 Å². The number of aliphatic hydroxyl groups excluding tert-OH is 1. The first-order valence-electron chi connectivity index (χ1n) is 8.04. The maximum Gasteiger partial charge on any atom is 0.287 e. The first-order valence-corrected chi connectivity index (χ1v) is 8.04. The van der Waals surface area contributed by atoms with Crippen LogP contribution in [0.1, 0.15) is 18.1 Å². The molecule has 1 fully saturated rings. The summed E-state index contributed by atoms with van der Waals surface area (Å²) >= 11 is 0. The van der Waals surface area contributed by atoms with E-state index in [4.69, 9.17) is 0 Å². The highest BCUT2D eigenvalue weighted by Gasteiger charge is 2.25. The Bertz CT molecular complexity index is 741. The number of rotatable bonds is 6. The molecule has 3 rings (SSSR count). The summed E-state index contributed by atoms with van der Waals surface area (Å²) in [6.45, 7) is 1.94. The van der Waals surface area contributed by atoms with Crippen LogP contribution in [0.2, 0.25) is 0 Å². The van der Waals surface area contributed by atoms with E-state index in [1.807, 2.05) is 0 Å². The number of halogens is 1. The molecule has 2 N–H and O–H groups in total. The zero-order valence-corrected chi connectivity index (χ0v) is 13.5. The second-order valence-electron chi connectivity index (χ2n) is 6.12. The van der Waals surface area contributed by atoms with E-state index in [1.165, 1.54) is 24.4 Å². The number of likely N-dealkylation sites (tertiary alicyclic amines) is 1. The topological polar surface area (TPSA) is 91.5 Å². The molecule has 2 atom stereocenters. The number of nitrogens with one attached hydrogen (secondary N) is 1. The van der Waals surface area contributed by atoms with Gasteiger partial charge in [0.15, 0.2) is 0 Å². The average Bonchev–Trinajstić information content (AvgIpc) is 3.02. The number of aliphatic hydroxyl groups is 1. The van der Waals surface area contributed by atoms with Crippen LogP contribution in [0.15, 0.2) is 42.6 Å². The molecule has 0 bridgehead atoms. The normalized spacial score (nSPS) is 18.9. The van der Waals surface area contributed by atoms with E-state index in [2.05, 4.69) is 15.2 Å². The zero-order valence-electron chi connectivity index (χ0n) is 13.5. The van der Waals surface area contributed by atoms with Crippen molar-refractivity contribution in [3.63, 3.8) is 0 Å². The van der Waals surface area contributed by atoms with Crippen LogP contribution in [0.5, 0.6) is 0 Å². The van der Waals surface area contributed by atoms with Crippen molar-refractivity contribution in [3.05, 3.63) is 64.1 Å². The Hall–Kier alpha value is -2.58. The number of benzene rings is 1. The molecule has 2 unspecified atom stereocenters. The summed E-state index contributed by atoms with van der Waals surface area (Å²) in [5.74, 6) is 0.227. The molecule has 1 aromatic heterocycles. The highest BCUT2D eigenvalue weighted by atomic mass is 19.1. The van der Waals surface area contributed by atoms with Gasteiger partial charge in [0.25, 0.3) is 5.69 Å². The molecule has 0 amide bonds. The monoisotopic (exact) mass is 346 g/mol. The summed E-state index contributed by atoms with van der Waals surface area (Å²) in [6, 6.07) is 9.13. The van der Waals surface area contributed by atoms with E-state index in [0.29, 0.717) is 24.5 Å². The molecule has 25 heavy (non-hydrogen) atoms. The quantitative estimate of drug-likeness (QED) is 0.616. The van der Waals surface area contributed by atoms with E-state index >= 15 is 0 Å². The van der Waals surface area contributed by atoms with Crippen molar-refractivity contribution in [2.24, 2.45) is 0 Å². The van der Waals surface area contributed by atoms with E-state index in [-0.39, 0.29) is 17.5 Å². The number of anilines is 1. The van der Waals surface area contributed by atoms with Gasteiger partial charge in [-0.1, -0.05) is 12.1 Å². The fraction of sp³-hybridized carbons (Fsp3) is 0.353. The molecule has 0 radical (unpaired) electrons. The first-order chi connectivity index (χ1) is 12.0. The molecule has 0 aliphatic carbocycles. The Balaban J connectivity index is 1.52. The van der Waals surface area contributed by atoms with Crippen LogP contribution in [0.3, 0.4) is 0 Å². The van der Waals surface area contributed by atoms with Gasteiger partial charge in [-0.3, -0.25) is 15.0 Å². The van der Waals surface area contributed by atoms with Gasteiger partial charge in [0, 0.05) is 31.7 Å². The molecule has 1 saturated heterocycles. The van der Waals surface area contributed by atoms with Gasteiger partial charge >= 0.3 is 0 Å². The number of nitro groups is 1. The predicted octanol–water partition coefficient (Wildman–Crippen LogP) is 2.35. The van der Waals surface area contributed by atoms with Gasteiger partial charge in [0.2, 0.25) is 0 Å². The second kappa shape index (κ2) is 7.54. The van der Waals surface area contributed by atoms with Crippen LogP contribution in [0, 0.1) is 15.9 Å². The van der Waals surface area contributed by atoms with E-state index in [9.17, 15) is 19.6 Å². The third kappa shape index (κ3) is 4.49. The highest BCUT2D eigenvalue weighted by molar-refractivity contribution is 5.41. The van der Waals surface area contributed by atoms with Crippen LogP contribution in [0.25, 0.3) is 0 Å². The molecule has 1 aromatic carbocycles. The van der Waals surface area contributed by atoms with Crippen molar-refractivity contribution >= 4 is 11.5 Å². The van der Waals surface area contributed by atoms with Crippen molar-refractivity contribution in [1.29, 1.82) is 0 Å². The standard InChI is InChI=1S/C17H19FN4O3/c18-13-3-1-2-12(8-13)16(23)11-21-7-6-14(10-21)20-17-5-4-15(9-19-17)22(24)25/h1-5,8-9,14,16,23H,6-7,10-11H2,(H,19,20). The molecular weight excluding hydrogens is 327 g/mol. The van der Waals surface area contributed by atoms with Gasteiger partial charge in [0.05, 0.1) is 11.0 Å². The number of aromatic nitrogens is 1. The molecule has 1 aliphatic rings. The maximum absolute atomic E-state index is 13.2. The van der Waals surface area contributed by atoms with Crippen molar-refractivity contribution in [2.75, 3.05) is 25.0 Å². The van der Waals surface area contributed by atoms with Gasteiger partial charge in [-0.15, -0.1) is 0 Å². The molecule has 8 heteroatoms. The second-order valence-corrected chi connectivity index (χ2v) is 6.12. The minimum atomic E-state index is -0.744. The average molecular weight is 346 g/mol. The van der Waals surface area contributed by atoms with E-state index in [1.54, 1.807) is 18.2 Å². The van der Waals surface area contributed by atoms with Crippen LogP contribution >= 0.6 is 0 Å². The highest BCUT2D eigenvalue weighted by Crippen LogP contribution is 2.20. The lowest BCUT2D eigenvalue weighted by Gasteiger charge is -2.20. The minimum Gasteiger partial charge on any atom is -0.387 e. The molecule has 1 aliphatic heterocycles. The molecule has 7 nitrogen and oxygen atoms in total. The lowest BCUT2D eigenvalue weighted by Crippen LogP contribution is -2.30. The van der Waals surface area contributed by atoms with Crippen LogP contribution in [-0.2, 0) is 0 Å². The third-order valence-corrected chi connectivity index (χ3v) is 4.25. The number of nitrogens with zero attached hydrogens (tertiary/aromatic N) is 3. The first kappa shape index (κ1) is 17.2. The van der Waals surface area contributed by atoms with Gasteiger partial charge in [-0.25, -0.2) is 9.37 Å². The van der Waals surface area contributed by atoms with Crippen LogP contribution < -0.4 is 5.32 Å². The summed E-state index contributed by atoms with van der Waals surface area (Å²) in [4.78, 5) is 16.3. The van der Waals surface area contributed by atoms with Gasteiger partial charge < -0.3 is 10.4 Å². The van der Waals surface area contributed by atoms with Crippen LogP contribution in [0.4, 0.5) is 15.9 Å². The van der Waals surface area contributed by atoms with Gasteiger partial charge in [0.1, 0.15) is 17.8 Å². The van der Waals surface area contributed by atoms with Crippen LogP contribution in [-0.4, -0.2) is 45.6 Å². The van der Waals surface area contributed by atoms with Crippen molar-refractivity contribution < 1.29 is 14.4 Å². The summed E-state index contributed by atoms with van der Waals surface area (Å²) < 4.78 is 13.2. The number of hydrogen-bond acceptors (Lipinski definition) is 6. The Labute approximate surface area is 144 Å². The lowest BCUT2D eigenvalue weighted by atomic mass is 10.1. The smallest absolute Gasteiger partial charge is 0.287 e. The molecular formula is C17H19FN4O3. The Morgan fingerprint density at radius 2 is 2.28 bits per heavy atom. The summed E-state index contributed by atoms with van der Waals surface area (Å²) in [6.07, 6.45) is 1.35. The van der Waals surface area contributed by atoms with Crippen molar-refractivity contribution in [2.45, 2.75) is 18.6 Å². The lowest BCUT2D eigenvalue weighted by molar-refractivity contribution is -0.385. The number of pyridine rings is 1. The Kier molecular flexibility index (Phi) is 5.20. The fourth-order valence-electron chi connectivity index (χ4n) is 2.97. The predicted molar refractivity (Wildman–Crippen MR) is 90.7 cm³/mol. The molecule has 2 heterocycles. The van der Waals surface area contributed by atoms with Gasteiger partial charge in [-0.2, -0.15) is 0 Å². The SMILES string of the molecule is O=[N+]([O-])c1ccc(NC2CCN(CC(O)c3cccc(F)c3)C2)nc1. The number of β-amino-alcohol motifs (C(OH)–C–C–N with tert-alkyl or cyclic N) is 1. The third-order valence-electron chi connectivity index (χ3n) is 4.25. The Morgan fingerprint density at radius 3 is 2.96 bits per heavy atom. The maximum atomic E-state index is 13.2. The largest absolute Gasteiger partial charge is 0.387 e. The van der Waals surface area contributed by atoms with Crippen molar-refractivity contribution in [1.82, 2.24) is 9.88 Å². The Morgan fingerprint density at radius 1 is 1.44 bits per heavy atom.